The van der Waals surface area contributed by atoms with Gasteiger partial charge in [0, 0.05) is 0 Å². The summed E-state index contributed by atoms with van der Waals surface area (Å²) in [6, 6.07) is 9.31. The van der Waals surface area contributed by atoms with Gasteiger partial charge in [0.2, 0.25) is 0 Å². The highest BCUT2D eigenvalue weighted by Gasteiger charge is 2.53. The highest BCUT2D eigenvalue weighted by molar-refractivity contribution is 7.90. The molecule has 0 radical (unpaired) electrons. The number of halogens is 4. The summed E-state index contributed by atoms with van der Waals surface area (Å²) in [5.41, 5.74) is -2.18. The maximum absolute atomic E-state index is 13.8. The molecule has 0 bridgehead atoms. The largest absolute Gasteiger partial charge is 0.421 e. The molecule has 0 fully saturated rings. The first-order valence-corrected chi connectivity index (χ1v) is 10.8. The number of sulfone groups is 1. The van der Waals surface area contributed by atoms with Crippen molar-refractivity contribution in [3.63, 3.8) is 0 Å². The Balaban J connectivity index is 2.24. The van der Waals surface area contributed by atoms with Gasteiger partial charge in [0.1, 0.15) is 5.82 Å². The highest BCUT2D eigenvalue weighted by atomic mass is 32.2. The van der Waals surface area contributed by atoms with Gasteiger partial charge in [0.25, 0.3) is 0 Å². The zero-order chi connectivity index (χ0) is 23.3. The Hall–Kier alpha value is -2.71. The fourth-order valence-electron chi connectivity index (χ4n) is 2.68. The van der Waals surface area contributed by atoms with Crippen molar-refractivity contribution < 1.29 is 30.7 Å². The van der Waals surface area contributed by atoms with Gasteiger partial charge in [-0.3, -0.25) is 0 Å². The molecule has 2 rings (SSSR count). The molecule has 1 unspecified atom stereocenters. The molecule has 0 spiro atoms. The smallest absolute Gasteiger partial charge is 0.356 e. The second-order valence-electron chi connectivity index (χ2n) is 6.98. The summed E-state index contributed by atoms with van der Waals surface area (Å²) < 4.78 is 84.6. The Bertz CT molecular complexity index is 1050. The Morgan fingerprint density at radius 3 is 2.16 bits per heavy atom. The van der Waals surface area contributed by atoms with Gasteiger partial charge in [-0.1, -0.05) is 55.7 Å². The lowest BCUT2D eigenvalue weighted by Gasteiger charge is -2.33. The normalized spacial score (nSPS) is 14.4. The highest BCUT2D eigenvalue weighted by Crippen LogP contribution is 2.42. The predicted octanol–water partition coefficient (Wildman–Crippen LogP) is 5.89. The molecule has 0 aromatic heterocycles. The monoisotopic (exact) mass is 454 g/mol. The molecule has 1 atom stereocenters. The van der Waals surface area contributed by atoms with Crippen molar-refractivity contribution in [2.24, 2.45) is 0 Å². The van der Waals surface area contributed by atoms with E-state index in [1.807, 2.05) is 0 Å². The summed E-state index contributed by atoms with van der Waals surface area (Å²) in [6.45, 7) is 7.66. The summed E-state index contributed by atoms with van der Waals surface area (Å²) in [5, 5.41) is 0. The van der Waals surface area contributed by atoms with E-state index in [0.717, 1.165) is 31.2 Å². The van der Waals surface area contributed by atoms with E-state index in [9.17, 15) is 26.0 Å². The zero-order valence-corrected chi connectivity index (χ0v) is 17.6. The fraction of sp³-hybridized carbons (Fsp3) is 0.217. The van der Waals surface area contributed by atoms with Crippen LogP contribution in [0.25, 0.3) is 0 Å². The molecule has 0 aliphatic carbocycles. The molecule has 2 aromatic carbocycles. The molecule has 0 saturated heterocycles. The Labute approximate surface area is 179 Å². The van der Waals surface area contributed by atoms with Gasteiger partial charge in [0.05, 0.1) is 17.3 Å². The van der Waals surface area contributed by atoms with Gasteiger partial charge >= 0.3 is 6.18 Å². The molecule has 0 aliphatic heterocycles. The standard InChI is InChI=1S/C23H22F4O3S/c1-4-5-6-17(2)15-30-22(3,23(25,26)27)19-9-7-18(8-10-19)16-31(28,29)21-13-11-20(24)12-14-21/h4-14H,1-2,15-16H2,3H3/b6-5-. The quantitative estimate of drug-likeness (QED) is 0.270. The molecule has 166 valence electrons. The predicted molar refractivity (Wildman–Crippen MR) is 112 cm³/mol. The first kappa shape index (κ1) is 24.6. The minimum atomic E-state index is -4.73. The Morgan fingerprint density at radius 2 is 1.65 bits per heavy atom. The van der Waals surface area contributed by atoms with Crippen LogP contribution < -0.4 is 0 Å². The molecule has 31 heavy (non-hydrogen) atoms. The van der Waals surface area contributed by atoms with E-state index >= 15 is 0 Å². The van der Waals surface area contributed by atoms with Crippen LogP contribution in [0.5, 0.6) is 0 Å². The number of rotatable bonds is 9. The maximum Gasteiger partial charge on any atom is 0.421 e. The number of hydrogen-bond donors (Lipinski definition) is 0. The molecule has 0 saturated carbocycles. The minimum absolute atomic E-state index is 0.0764. The Kier molecular flexibility index (Phi) is 7.62. The third kappa shape index (κ3) is 6.15. The second kappa shape index (κ2) is 9.62. The van der Waals surface area contributed by atoms with Gasteiger partial charge < -0.3 is 4.74 Å². The zero-order valence-electron chi connectivity index (χ0n) is 16.8. The van der Waals surface area contributed by atoms with Crippen LogP contribution in [0, 0.1) is 5.82 Å². The van der Waals surface area contributed by atoms with Gasteiger partial charge in [-0.25, -0.2) is 12.8 Å². The van der Waals surface area contributed by atoms with E-state index in [1.165, 1.54) is 42.5 Å². The summed E-state index contributed by atoms with van der Waals surface area (Å²) >= 11 is 0. The van der Waals surface area contributed by atoms with Gasteiger partial charge in [-0.15, -0.1) is 0 Å². The van der Waals surface area contributed by atoms with Crippen molar-refractivity contribution in [1.29, 1.82) is 0 Å². The Morgan fingerprint density at radius 1 is 1.06 bits per heavy atom. The van der Waals surface area contributed by atoms with Crippen molar-refractivity contribution in [1.82, 2.24) is 0 Å². The fourth-order valence-corrected chi connectivity index (χ4v) is 4.03. The second-order valence-corrected chi connectivity index (χ2v) is 8.97. The lowest BCUT2D eigenvalue weighted by atomic mass is 9.94. The molecule has 0 aliphatic rings. The van der Waals surface area contributed by atoms with Crippen LogP contribution in [-0.4, -0.2) is 21.2 Å². The van der Waals surface area contributed by atoms with Crippen molar-refractivity contribution in [3.05, 3.63) is 102 Å². The lowest BCUT2D eigenvalue weighted by Crippen LogP contribution is -2.42. The number of allylic oxidation sites excluding steroid dienone is 2. The summed E-state index contributed by atoms with van der Waals surface area (Å²) in [7, 11) is -3.78. The number of alkyl halides is 3. The van der Waals surface area contributed by atoms with E-state index in [-0.39, 0.29) is 22.6 Å². The molecule has 2 aromatic rings. The topological polar surface area (TPSA) is 43.4 Å². The molecule has 0 amide bonds. The molecule has 0 N–H and O–H groups in total. The van der Waals surface area contributed by atoms with Gasteiger partial charge in [-0.05, 0) is 47.9 Å². The van der Waals surface area contributed by atoms with Crippen LogP contribution in [0.15, 0.2) is 90.4 Å². The third-order valence-electron chi connectivity index (χ3n) is 4.59. The molecule has 3 nitrogen and oxygen atoms in total. The first-order chi connectivity index (χ1) is 14.4. The average Bonchev–Trinajstić information content (AvgIpc) is 2.70. The van der Waals surface area contributed by atoms with Crippen LogP contribution in [-0.2, 0) is 25.9 Å². The summed E-state index contributed by atoms with van der Waals surface area (Å²) in [6.07, 6.45) is -0.232. The third-order valence-corrected chi connectivity index (χ3v) is 6.29. The SMILES string of the molecule is C=C/C=C\C(=C)COC(C)(c1ccc(CS(=O)(=O)c2ccc(F)cc2)cc1)C(F)(F)F. The first-order valence-electron chi connectivity index (χ1n) is 9.14. The van der Waals surface area contributed by atoms with Crippen molar-refractivity contribution in [2.75, 3.05) is 6.61 Å². The average molecular weight is 454 g/mol. The number of ether oxygens (including phenoxy) is 1. The van der Waals surface area contributed by atoms with E-state index < -0.39 is 33.2 Å². The summed E-state index contributed by atoms with van der Waals surface area (Å²) in [4.78, 5) is -0.0764. The summed E-state index contributed by atoms with van der Waals surface area (Å²) in [5.74, 6) is -1.01. The van der Waals surface area contributed by atoms with Crippen LogP contribution in [0.4, 0.5) is 17.6 Å². The van der Waals surface area contributed by atoms with Crippen molar-refractivity contribution >= 4 is 9.84 Å². The van der Waals surface area contributed by atoms with E-state index in [2.05, 4.69) is 13.2 Å². The van der Waals surface area contributed by atoms with Crippen LogP contribution in [0.3, 0.4) is 0 Å². The number of benzene rings is 2. The van der Waals surface area contributed by atoms with Gasteiger partial charge in [-0.2, -0.15) is 13.2 Å². The molecule has 0 heterocycles. The minimum Gasteiger partial charge on any atom is -0.356 e. The van der Waals surface area contributed by atoms with Crippen LogP contribution in [0.1, 0.15) is 18.1 Å². The van der Waals surface area contributed by atoms with Crippen molar-refractivity contribution in [2.45, 2.75) is 29.3 Å². The lowest BCUT2D eigenvalue weighted by molar-refractivity contribution is -0.274. The van der Waals surface area contributed by atoms with Crippen molar-refractivity contribution in [3.8, 4) is 0 Å². The van der Waals surface area contributed by atoms with Crippen LogP contribution in [0.2, 0.25) is 0 Å². The van der Waals surface area contributed by atoms with E-state index in [1.54, 1.807) is 0 Å². The van der Waals surface area contributed by atoms with E-state index in [4.69, 9.17) is 4.74 Å². The maximum atomic E-state index is 13.8. The molecular weight excluding hydrogens is 432 g/mol. The molecule has 8 heteroatoms. The van der Waals surface area contributed by atoms with E-state index in [0.29, 0.717) is 5.57 Å². The van der Waals surface area contributed by atoms with Gasteiger partial charge in [0.15, 0.2) is 15.4 Å². The molecular formula is C23H22F4O3S. The van der Waals surface area contributed by atoms with Crippen LogP contribution >= 0.6 is 0 Å². The number of hydrogen-bond acceptors (Lipinski definition) is 3.